The second kappa shape index (κ2) is 8.22. The van der Waals surface area contributed by atoms with Gasteiger partial charge < -0.3 is 13.7 Å². The molecule has 0 spiro atoms. The van der Waals surface area contributed by atoms with Gasteiger partial charge in [-0.25, -0.2) is 14.5 Å². The zero-order chi connectivity index (χ0) is 20.9. The molecule has 0 saturated carbocycles. The molecule has 0 fully saturated rings. The Labute approximate surface area is 160 Å². The van der Waals surface area contributed by atoms with Crippen molar-refractivity contribution >= 4 is 32.1 Å². The van der Waals surface area contributed by atoms with E-state index in [1.807, 2.05) is 0 Å². The van der Waals surface area contributed by atoms with E-state index in [1.165, 1.54) is 26.4 Å². The van der Waals surface area contributed by atoms with Crippen LogP contribution in [0, 0.1) is 0 Å². The van der Waals surface area contributed by atoms with E-state index in [4.69, 9.17) is 9.47 Å². The van der Waals surface area contributed by atoms with Gasteiger partial charge in [-0.3, -0.25) is 5.32 Å². The monoisotopic (exact) mass is 433 g/mol. The molecular weight excluding hydrogens is 418 g/mol. The van der Waals surface area contributed by atoms with Crippen LogP contribution in [0.1, 0.15) is 0 Å². The molecule has 152 valence electrons. The number of rotatable bonds is 7. The first-order chi connectivity index (χ1) is 13.0. The minimum Gasteiger partial charge on any atom is -0.481 e. The lowest BCUT2D eigenvalue weighted by atomic mass is 10.5. The minimum absolute atomic E-state index is 0.0542. The largest absolute Gasteiger partial charge is 0.481 e. The van der Waals surface area contributed by atoms with Crippen LogP contribution in [-0.4, -0.2) is 58.3 Å². The van der Waals surface area contributed by atoms with Gasteiger partial charge in [0.25, 0.3) is 10.0 Å². The summed E-state index contributed by atoms with van der Waals surface area (Å²) in [4.78, 5) is 23.2. The van der Waals surface area contributed by atoms with E-state index in [0.29, 0.717) is 0 Å². The van der Waals surface area contributed by atoms with E-state index in [0.717, 1.165) is 18.5 Å². The highest BCUT2D eigenvalue weighted by molar-refractivity contribution is 7.90. The molecule has 2 heterocycles. The number of pyridine rings is 1. The predicted molar refractivity (Wildman–Crippen MR) is 94.2 cm³/mol. The highest BCUT2D eigenvalue weighted by atomic mass is 32.2. The van der Waals surface area contributed by atoms with Crippen LogP contribution in [0.15, 0.2) is 29.4 Å². The number of carbonyl (C=O) groups is 1. The normalized spacial score (nSPS) is 11.4. The molecule has 0 aromatic carbocycles. The molecule has 2 rings (SSSR count). The third-order valence-corrected chi connectivity index (χ3v) is 4.53. The van der Waals surface area contributed by atoms with E-state index in [9.17, 15) is 21.6 Å². The number of amides is 2. The van der Waals surface area contributed by atoms with Gasteiger partial charge in [0.1, 0.15) is 0 Å². The van der Waals surface area contributed by atoms with Gasteiger partial charge in [-0.2, -0.15) is 26.8 Å². The SMILES string of the molecule is COc1cc(OC)nc(NC(=O)NS(=O)(=O)c2ncccc2OS(C)(=O)=O)n1. The van der Waals surface area contributed by atoms with E-state index < -0.39 is 36.9 Å². The Morgan fingerprint density at radius 2 is 1.68 bits per heavy atom. The standard InChI is InChI=1S/C13H15N5O8S2/c1-24-9-7-10(25-2)16-12(15-9)17-13(19)18-28(22,23)11-8(5-4-6-14-11)26-27(3,20)21/h4-7H,1-3H3,(H2,15,16,17,18,19). The topological polar surface area (TPSA) is 176 Å². The van der Waals surface area contributed by atoms with Crippen molar-refractivity contribution in [3.05, 3.63) is 24.4 Å². The van der Waals surface area contributed by atoms with Crippen molar-refractivity contribution in [1.29, 1.82) is 0 Å². The molecule has 0 aliphatic rings. The van der Waals surface area contributed by atoms with Gasteiger partial charge in [-0.15, -0.1) is 0 Å². The van der Waals surface area contributed by atoms with Crippen LogP contribution in [0.3, 0.4) is 0 Å². The lowest BCUT2D eigenvalue weighted by Gasteiger charge is -2.11. The highest BCUT2D eigenvalue weighted by Gasteiger charge is 2.26. The van der Waals surface area contributed by atoms with Gasteiger partial charge in [-0.05, 0) is 12.1 Å². The van der Waals surface area contributed by atoms with Crippen LogP contribution in [0.5, 0.6) is 17.5 Å². The van der Waals surface area contributed by atoms with Gasteiger partial charge >= 0.3 is 16.1 Å². The van der Waals surface area contributed by atoms with Crippen molar-refractivity contribution < 1.29 is 35.3 Å². The molecule has 2 aromatic heterocycles. The first-order valence-corrected chi connectivity index (χ1v) is 10.5. The van der Waals surface area contributed by atoms with E-state index >= 15 is 0 Å². The Bertz CT molecular complexity index is 1070. The van der Waals surface area contributed by atoms with Crippen LogP contribution < -0.4 is 23.7 Å². The quantitative estimate of drug-likeness (QED) is 0.550. The summed E-state index contributed by atoms with van der Waals surface area (Å²) in [5.74, 6) is -0.778. The molecule has 0 unspecified atom stereocenters. The lowest BCUT2D eigenvalue weighted by molar-refractivity contribution is 0.256. The second-order valence-electron chi connectivity index (χ2n) is 4.93. The molecular formula is C13H15N5O8S2. The number of ether oxygens (including phenoxy) is 2. The van der Waals surface area contributed by atoms with Crippen LogP contribution in [-0.2, 0) is 20.1 Å². The maximum absolute atomic E-state index is 12.4. The summed E-state index contributed by atoms with van der Waals surface area (Å²) in [6.07, 6.45) is 1.81. The van der Waals surface area contributed by atoms with Crippen molar-refractivity contribution in [3.63, 3.8) is 0 Å². The molecule has 15 heteroatoms. The summed E-state index contributed by atoms with van der Waals surface area (Å²) in [5, 5.41) is 1.28. The molecule has 0 aliphatic carbocycles. The predicted octanol–water partition coefficient (Wildman–Crippen LogP) is -0.262. The first kappa shape index (κ1) is 21.1. The van der Waals surface area contributed by atoms with E-state index in [1.54, 1.807) is 4.72 Å². The molecule has 2 N–H and O–H groups in total. The molecule has 0 atom stereocenters. The molecule has 0 aliphatic heterocycles. The Morgan fingerprint density at radius 1 is 1.07 bits per heavy atom. The van der Waals surface area contributed by atoms with Crippen LogP contribution >= 0.6 is 0 Å². The Kier molecular flexibility index (Phi) is 6.19. The number of hydrogen-bond acceptors (Lipinski definition) is 11. The van der Waals surface area contributed by atoms with Gasteiger partial charge in [-0.1, -0.05) is 0 Å². The molecule has 13 nitrogen and oxygen atoms in total. The summed E-state index contributed by atoms with van der Waals surface area (Å²) in [5.41, 5.74) is 0. The fourth-order valence-corrected chi connectivity index (χ4v) is 3.25. The Morgan fingerprint density at radius 3 is 2.21 bits per heavy atom. The average Bonchev–Trinajstić information content (AvgIpc) is 2.59. The van der Waals surface area contributed by atoms with Crippen molar-refractivity contribution in [1.82, 2.24) is 19.7 Å². The van der Waals surface area contributed by atoms with Crippen molar-refractivity contribution in [2.24, 2.45) is 0 Å². The van der Waals surface area contributed by atoms with Gasteiger partial charge in [0.15, 0.2) is 5.75 Å². The van der Waals surface area contributed by atoms with Gasteiger partial charge in [0.05, 0.1) is 26.5 Å². The number of urea groups is 1. The fourth-order valence-electron chi connectivity index (χ4n) is 1.77. The molecule has 0 radical (unpaired) electrons. The number of nitrogens with zero attached hydrogens (tertiary/aromatic N) is 3. The number of hydrogen-bond donors (Lipinski definition) is 2. The molecule has 28 heavy (non-hydrogen) atoms. The van der Waals surface area contributed by atoms with Crippen molar-refractivity contribution in [3.8, 4) is 17.5 Å². The summed E-state index contributed by atoms with van der Waals surface area (Å²) < 4.78 is 63.4. The zero-order valence-corrected chi connectivity index (χ0v) is 16.4. The van der Waals surface area contributed by atoms with Crippen molar-refractivity contribution in [2.45, 2.75) is 5.03 Å². The average molecular weight is 433 g/mol. The van der Waals surface area contributed by atoms with Gasteiger partial charge in [0.2, 0.25) is 22.7 Å². The van der Waals surface area contributed by atoms with E-state index in [2.05, 4.69) is 24.5 Å². The highest BCUT2D eigenvalue weighted by Crippen LogP contribution is 2.22. The second-order valence-corrected chi connectivity index (χ2v) is 8.10. The first-order valence-electron chi connectivity index (χ1n) is 7.19. The molecule has 0 bridgehead atoms. The van der Waals surface area contributed by atoms with Crippen molar-refractivity contribution in [2.75, 3.05) is 25.8 Å². The summed E-state index contributed by atoms with van der Waals surface area (Å²) >= 11 is 0. The smallest absolute Gasteiger partial charge is 0.335 e. The van der Waals surface area contributed by atoms with Crippen LogP contribution in [0.25, 0.3) is 0 Å². The third kappa shape index (κ3) is 5.65. The number of aromatic nitrogens is 3. The zero-order valence-electron chi connectivity index (χ0n) is 14.7. The number of sulfonamides is 1. The van der Waals surface area contributed by atoms with Crippen LogP contribution in [0.2, 0.25) is 0 Å². The lowest BCUT2D eigenvalue weighted by Crippen LogP contribution is -2.35. The van der Waals surface area contributed by atoms with Crippen LogP contribution in [0.4, 0.5) is 10.7 Å². The summed E-state index contributed by atoms with van der Waals surface area (Å²) in [7, 11) is -5.99. The maximum atomic E-state index is 12.4. The molecule has 0 saturated heterocycles. The Hall–Kier alpha value is -3.20. The minimum atomic E-state index is -4.59. The summed E-state index contributed by atoms with van der Waals surface area (Å²) in [6.45, 7) is 0. The number of anilines is 1. The Balaban J connectivity index is 2.25. The number of methoxy groups -OCH3 is 2. The third-order valence-electron chi connectivity index (χ3n) is 2.78. The molecule has 2 aromatic rings. The molecule has 2 amide bonds. The number of nitrogens with one attached hydrogen (secondary N) is 2. The maximum Gasteiger partial charge on any atom is 0.335 e. The fraction of sp³-hybridized carbons (Fsp3) is 0.231. The van der Waals surface area contributed by atoms with E-state index in [-0.39, 0.29) is 17.7 Å². The number of carbonyl (C=O) groups excluding carboxylic acids is 1. The summed E-state index contributed by atoms with van der Waals surface area (Å²) in [6, 6.07) is 2.42. The van der Waals surface area contributed by atoms with Gasteiger partial charge in [0, 0.05) is 6.20 Å².